The number of hydrogen-bond acceptors (Lipinski definition) is 6. The molecule has 1 aliphatic carbocycles. The summed E-state index contributed by atoms with van der Waals surface area (Å²) in [5, 5.41) is 13.2. The number of aromatic carboxylic acids is 1. The van der Waals surface area contributed by atoms with E-state index in [1.807, 2.05) is 20.8 Å². The van der Waals surface area contributed by atoms with Crippen molar-refractivity contribution in [3.63, 3.8) is 0 Å². The minimum atomic E-state index is -1.03. The van der Waals surface area contributed by atoms with Crippen molar-refractivity contribution >= 4 is 28.9 Å². The van der Waals surface area contributed by atoms with Gasteiger partial charge in [0.25, 0.3) is 5.91 Å². The summed E-state index contributed by atoms with van der Waals surface area (Å²) in [6.45, 7) is 7.96. The second kappa shape index (κ2) is 11.5. The monoisotopic (exact) mass is 476 g/mol. The summed E-state index contributed by atoms with van der Waals surface area (Å²) in [5.74, 6) is 5.38. The highest BCUT2D eigenvalue weighted by atomic mass is 32.1. The Balaban J connectivity index is 1.95. The first-order valence-corrected chi connectivity index (χ1v) is 12.6. The summed E-state index contributed by atoms with van der Waals surface area (Å²) in [6, 6.07) is 1.62. The zero-order valence-corrected chi connectivity index (χ0v) is 20.9. The Bertz CT molecular complexity index is 889. The van der Waals surface area contributed by atoms with E-state index in [0.717, 1.165) is 37.0 Å². The number of ether oxygens (including phenoxy) is 2. The standard InChI is InChI=1S/C25H36N2O5S/c1-25(2,3)11-10-18-14-19(22(33-18)24(29)30)27-20(17-8-6-5-7-9-17)16-32-21(23(27)28)15-26-12-13-31-4/h14,17,20-21,26H,5-9,12-13,15-16H2,1-4H3,(H,29,30)/t20?,21-/m1/s1. The van der Waals surface area contributed by atoms with Gasteiger partial charge in [-0.25, -0.2) is 4.79 Å². The Kier molecular flexibility index (Phi) is 8.94. The maximum Gasteiger partial charge on any atom is 0.348 e. The van der Waals surface area contributed by atoms with Crippen molar-refractivity contribution in [3.05, 3.63) is 15.8 Å². The smallest absolute Gasteiger partial charge is 0.348 e. The number of methoxy groups -OCH3 is 1. The molecule has 1 saturated heterocycles. The lowest BCUT2D eigenvalue weighted by atomic mass is 9.82. The van der Waals surface area contributed by atoms with Crippen molar-refractivity contribution in [2.45, 2.75) is 65.0 Å². The zero-order chi connectivity index (χ0) is 24.0. The Morgan fingerprint density at radius 3 is 2.70 bits per heavy atom. The van der Waals surface area contributed by atoms with Gasteiger partial charge in [-0.3, -0.25) is 4.79 Å². The first-order valence-electron chi connectivity index (χ1n) is 11.8. The van der Waals surface area contributed by atoms with Gasteiger partial charge >= 0.3 is 5.97 Å². The lowest BCUT2D eigenvalue weighted by Gasteiger charge is -2.44. The van der Waals surface area contributed by atoms with Crippen molar-refractivity contribution in [1.29, 1.82) is 0 Å². The fraction of sp³-hybridized carbons (Fsp3) is 0.680. The van der Waals surface area contributed by atoms with E-state index in [9.17, 15) is 14.7 Å². The van der Waals surface area contributed by atoms with Crippen LogP contribution in [0.15, 0.2) is 6.07 Å². The van der Waals surface area contributed by atoms with E-state index < -0.39 is 12.1 Å². The van der Waals surface area contributed by atoms with Crippen LogP contribution < -0.4 is 10.2 Å². The summed E-state index contributed by atoms with van der Waals surface area (Å²) >= 11 is 1.14. The van der Waals surface area contributed by atoms with Gasteiger partial charge in [0.2, 0.25) is 0 Å². The van der Waals surface area contributed by atoms with Gasteiger partial charge in [-0.15, -0.1) is 11.3 Å². The van der Waals surface area contributed by atoms with Gasteiger partial charge in [-0.2, -0.15) is 0 Å². The molecule has 0 bridgehead atoms. The largest absolute Gasteiger partial charge is 0.477 e. The Morgan fingerprint density at radius 2 is 2.06 bits per heavy atom. The minimum Gasteiger partial charge on any atom is -0.477 e. The van der Waals surface area contributed by atoms with Crippen LogP contribution in [0.1, 0.15) is 67.4 Å². The first kappa shape index (κ1) is 25.7. The summed E-state index contributed by atoms with van der Waals surface area (Å²) < 4.78 is 11.1. The van der Waals surface area contributed by atoms with Gasteiger partial charge in [0.1, 0.15) is 11.0 Å². The molecule has 1 aliphatic heterocycles. The highest BCUT2D eigenvalue weighted by Crippen LogP contribution is 2.38. The van der Waals surface area contributed by atoms with Crippen molar-refractivity contribution in [1.82, 2.24) is 5.32 Å². The number of thiophene rings is 1. The van der Waals surface area contributed by atoms with E-state index >= 15 is 0 Å². The van der Waals surface area contributed by atoms with Crippen LogP contribution in [0, 0.1) is 23.2 Å². The van der Waals surface area contributed by atoms with Crippen molar-refractivity contribution in [3.8, 4) is 11.8 Å². The number of carbonyl (C=O) groups excluding carboxylic acids is 1. The third-order valence-electron chi connectivity index (χ3n) is 6.05. The maximum atomic E-state index is 13.6. The number of carbonyl (C=O) groups is 2. The van der Waals surface area contributed by atoms with E-state index in [4.69, 9.17) is 9.47 Å². The number of carboxylic acid groups (broad SMARTS) is 1. The molecular weight excluding hydrogens is 440 g/mol. The molecule has 2 aliphatic rings. The molecule has 2 fully saturated rings. The molecule has 33 heavy (non-hydrogen) atoms. The van der Waals surface area contributed by atoms with E-state index in [1.165, 1.54) is 6.42 Å². The second-order valence-electron chi connectivity index (χ2n) is 9.82. The van der Waals surface area contributed by atoms with Crippen LogP contribution in [-0.2, 0) is 14.3 Å². The molecule has 7 nitrogen and oxygen atoms in total. The van der Waals surface area contributed by atoms with Crippen molar-refractivity contribution in [2.75, 3.05) is 38.3 Å². The van der Waals surface area contributed by atoms with Crippen LogP contribution in [0.2, 0.25) is 0 Å². The molecule has 2 N–H and O–H groups in total. The average Bonchev–Trinajstić information content (AvgIpc) is 3.20. The molecule has 182 valence electrons. The molecule has 0 spiro atoms. The zero-order valence-electron chi connectivity index (χ0n) is 20.1. The van der Waals surface area contributed by atoms with Crippen LogP contribution in [0.25, 0.3) is 0 Å². The van der Waals surface area contributed by atoms with E-state index in [-0.39, 0.29) is 22.2 Å². The van der Waals surface area contributed by atoms with Crippen LogP contribution in [0.5, 0.6) is 0 Å². The summed E-state index contributed by atoms with van der Waals surface area (Å²) in [6.07, 6.45) is 4.85. The van der Waals surface area contributed by atoms with Gasteiger partial charge in [0.05, 0.1) is 29.8 Å². The molecule has 2 atom stereocenters. The van der Waals surface area contributed by atoms with Crippen molar-refractivity contribution in [2.24, 2.45) is 11.3 Å². The van der Waals surface area contributed by atoms with Crippen LogP contribution in [-0.4, -0.2) is 62.5 Å². The lowest BCUT2D eigenvalue weighted by molar-refractivity contribution is -0.137. The molecular formula is C25H36N2O5S. The number of morpholine rings is 1. The number of rotatable bonds is 8. The second-order valence-corrected chi connectivity index (χ2v) is 10.9. The molecule has 1 amide bonds. The Morgan fingerprint density at radius 1 is 1.33 bits per heavy atom. The van der Waals surface area contributed by atoms with E-state index in [2.05, 4.69) is 17.2 Å². The number of nitrogens with zero attached hydrogens (tertiary/aromatic N) is 1. The fourth-order valence-electron chi connectivity index (χ4n) is 4.42. The summed E-state index contributed by atoms with van der Waals surface area (Å²) in [7, 11) is 1.63. The molecule has 3 rings (SSSR count). The quantitative estimate of drug-likeness (QED) is 0.439. The SMILES string of the molecule is COCCNC[C@H]1OCC(C2CCCCC2)N(c2cc(C#CC(C)(C)C)sc2C(=O)O)C1=O. The Labute approximate surface area is 200 Å². The van der Waals surface area contributed by atoms with E-state index in [1.54, 1.807) is 18.1 Å². The maximum absolute atomic E-state index is 13.6. The molecule has 8 heteroatoms. The number of hydrogen-bond donors (Lipinski definition) is 2. The minimum absolute atomic E-state index is 0.162. The van der Waals surface area contributed by atoms with E-state index in [0.29, 0.717) is 42.8 Å². The number of amides is 1. The Hall–Kier alpha value is -1.92. The number of anilines is 1. The topological polar surface area (TPSA) is 88.1 Å². The van der Waals surface area contributed by atoms with Gasteiger partial charge < -0.3 is 24.8 Å². The predicted octanol–water partition coefficient (Wildman–Crippen LogP) is 3.76. The van der Waals surface area contributed by atoms with Gasteiger partial charge in [-0.05, 0) is 45.6 Å². The first-order chi connectivity index (χ1) is 15.7. The van der Waals surface area contributed by atoms with Gasteiger partial charge in [-0.1, -0.05) is 31.1 Å². The molecule has 0 aromatic carbocycles. The number of nitrogens with one attached hydrogen (secondary N) is 1. The van der Waals surface area contributed by atoms with Crippen LogP contribution in [0.3, 0.4) is 0 Å². The molecule has 1 aromatic rings. The number of carboxylic acids is 1. The average molecular weight is 477 g/mol. The van der Waals surface area contributed by atoms with Crippen molar-refractivity contribution < 1.29 is 24.2 Å². The van der Waals surface area contributed by atoms with Crippen LogP contribution >= 0.6 is 11.3 Å². The highest BCUT2D eigenvalue weighted by molar-refractivity contribution is 7.15. The fourth-order valence-corrected chi connectivity index (χ4v) is 5.26. The van der Waals surface area contributed by atoms with Gasteiger partial charge in [0, 0.05) is 25.6 Å². The molecule has 1 aromatic heterocycles. The summed E-state index contributed by atoms with van der Waals surface area (Å²) in [5.41, 5.74) is 0.253. The predicted molar refractivity (Wildman–Crippen MR) is 130 cm³/mol. The van der Waals surface area contributed by atoms with Crippen LogP contribution in [0.4, 0.5) is 5.69 Å². The molecule has 2 heterocycles. The normalized spacial score (nSPS) is 22.2. The molecule has 1 unspecified atom stereocenters. The molecule has 0 radical (unpaired) electrons. The highest BCUT2D eigenvalue weighted by Gasteiger charge is 2.42. The van der Waals surface area contributed by atoms with Gasteiger partial charge in [0.15, 0.2) is 0 Å². The molecule has 1 saturated carbocycles. The lowest BCUT2D eigenvalue weighted by Crippen LogP contribution is -2.59. The third-order valence-corrected chi connectivity index (χ3v) is 7.07. The summed E-state index contributed by atoms with van der Waals surface area (Å²) in [4.78, 5) is 28.4. The third kappa shape index (κ3) is 6.80.